The average molecular weight is 270 g/mol. The van der Waals surface area contributed by atoms with Crippen LogP contribution in [0.3, 0.4) is 0 Å². The summed E-state index contributed by atoms with van der Waals surface area (Å²) in [6.07, 6.45) is 0. The number of hydrogen-bond donors (Lipinski definition) is 1. The quantitative estimate of drug-likeness (QED) is 0.808. The topological polar surface area (TPSA) is 55.5 Å². The van der Waals surface area contributed by atoms with Crippen molar-refractivity contribution in [3.8, 4) is 11.1 Å². The van der Waals surface area contributed by atoms with Crippen LogP contribution in [0.4, 0.5) is 0 Å². The van der Waals surface area contributed by atoms with Crippen molar-refractivity contribution in [3.63, 3.8) is 0 Å². The first-order valence-corrected chi connectivity index (χ1v) is 7.80. The van der Waals surface area contributed by atoms with E-state index in [1.165, 1.54) is 0 Å². The maximum Gasteiger partial charge on any atom is 0.141 e. The van der Waals surface area contributed by atoms with Gasteiger partial charge in [0.15, 0.2) is 0 Å². The summed E-state index contributed by atoms with van der Waals surface area (Å²) in [5.74, 6) is 4.31. The second-order valence-electron chi connectivity index (χ2n) is 4.60. The van der Waals surface area contributed by atoms with Crippen molar-refractivity contribution >= 4 is 21.4 Å². The van der Waals surface area contributed by atoms with E-state index in [1.54, 1.807) is 0 Å². The minimum absolute atomic E-state index is 0.320. The van der Waals surface area contributed by atoms with Gasteiger partial charge in [0, 0.05) is 5.56 Å². The fourth-order valence-corrected chi connectivity index (χ4v) is 3.62. The molecule has 0 aliphatic carbocycles. The molecule has 2 aromatic rings. The highest BCUT2D eigenvalue weighted by molar-refractivity contribution is 7.98. The molecule has 2 N–H and O–H groups in total. The molecule has 4 heteroatoms. The van der Waals surface area contributed by atoms with Crippen LogP contribution in [-0.2, 0) is 15.5 Å². The van der Waals surface area contributed by atoms with E-state index >= 15 is 0 Å². The molecule has 3 nitrogen and oxygen atoms in total. The Morgan fingerprint density at radius 3 is 2.58 bits per heavy atom. The van der Waals surface area contributed by atoms with Gasteiger partial charge in [-0.1, -0.05) is 48.5 Å². The number of nitrogens with two attached hydrogens (primary N) is 1. The molecule has 2 aromatic carbocycles. The molecule has 3 rings (SSSR count). The van der Waals surface area contributed by atoms with Crippen molar-refractivity contribution in [2.75, 3.05) is 0 Å². The van der Waals surface area contributed by atoms with Gasteiger partial charge in [-0.2, -0.15) is 4.40 Å². The summed E-state index contributed by atoms with van der Waals surface area (Å²) in [4.78, 5) is 0. The molecule has 0 saturated carbocycles. The van der Waals surface area contributed by atoms with Gasteiger partial charge >= 0.3 is 0 Å². The van der Waals surface area contributed by atoms with E-state index in [1.807, 2.05) is 48.5 Å². The number of fused-ring (bicyclic) bond motifs is 1. The Morgan fingerprint density at radius 1 is 1.11 bits per heavy atom. The molecule has 0 saturated heterocycles. The Labute approximate surface area is 112 Å². The Kier molecular flexibility index (Phi) is 2.68. The van der Waals surface area contributed by atoms with Crippen LogP contribution in [0.2, 0.25) is 0 Å². The summed E-state index contributed by atoms with van der Waals surface area (Å²) >= 11 is 0. The third-order valence-corrected chi connectivity index (χ3v) is 4.43. The molecule has 0 fully saturated rings. The SMILES string of the molecule is C=S1(=O)Cc2cccc(-c3ccccc3)c2C(N)=N1. The first-order chi connectivity index (χ1) is 9.07. The van der Waals surface area contributed by atoms with E-state index in [0.717, 1.165) is 22.3 Å². The Morgan fingerprint density at radius 2 is 1.84 bits per heavy atom. The molecule has 1 heterocycles. The second-order valence-corrected chi connectivity index (χ2v) is 6.62. The van der Waals surface area contributed by atoms with Gasteiger partial charge in [-0.15, -0.1) is 0 Å². The number of nitrogens with zero attached hydrogens (tertiary/aromatic N) is 1. The molecule has 1 aliphatic rings. The molecule has 0 amide bonds. The second kappa shape index (κ2) is 4.24. The zero-order chi connectivity index (χ0) is 13.5. The molecule has 0 aromatic heterocycles. The van der Waals surface area contributed by atoms with Gasteiger partial charge in [-0.3, -0.25) is 0 Å². The Balaban J connectivity index is 2.27. The van der Waals surface area contributed by atoms with Crippen LogP contribution < -0.4 is 5.73 Å². The van der Waals surface area contributed by atoms with Gasteiger partial charge in [0.1, 0.15) is 5.84 Å². The van der Waals surface area contributed by atoms with Gasteiger partial charge in [0.2, 0.25) is 0 Å². The molecule has 96 valence electrons. The van der Waals surface area contributed by atoms with Crippen molar-refractivity contribution < 1.29 is 4.21 Å². The summed E-state index contributed by atoms with van der Waals surface area (Å²) in [5.41, 5.74) is 9.93. The molecule has 0 radical (unpaired) electrons. The molecule has 0 bridgehead atoms. The van der Waals surface area contributed by atoms with Crippen LogP contribution in [-0.4, -0.2) is 15.9 Å². The molecule has 1 unspecified atom stereocenters. The smallest absolute Gasteiger partial charge is 0.141 e. The van der Waals surface area contributed by atoms with Gasteiger partial charge in [0.25, 0.3) is 0 Å². The Hall–Kier alpha value is -2.07. The largest absolute Gasteiger partial charge is 0.383 e. The fourth-order valence-electron chi connectivity index (χ4n) is 2.38. The summed E-state index contributed by atoms with van der Waals surface area (Å²) < 4.78 is 16.1. The predicted octanol–water partition coefficient (Wildman–Crippen LogP) is 2.20. The van der Waals surface area contributed by atoms with E-state index in [2.05, 4.69) is 10.3 Å². The van der Waals surface area contributed by atoms with Gasteiger partial charge in [-0.25, -0.2) is 4.21 Å². The van der Waals surface area contributed by atoms with Crippen molar-refractivity contribution in [3.05, 3.63) is 59.7 Å². The Bertz CT molecular complexity index is 762. The lowest BCUT2D eigenvalue weighted by molar-refractivity contribution is 0.681. The van der Waals surface area contributed by atoms with Crippen LogP contribution in [0.5, 0.6) is 0 Å². The van der Waals surface area contributed by atoms with Crippen LogP contribution in [0.15, 0.2) is 52.9 Å². The normalized spacial score (nSPS) is 21.6. The highest BCUT2D eigenvalue weighted by Gasteiger charge is 2.21. The summed E-state index contributed by atoms with van der Waals surface area (Å²) in [6.45, 7) is 0. The lowest BCUT2D eigenvalue weighted by Gasteiger charge is -2.20. The van der Waals surface area contributed by atoms with Crippen molar-refractivity contribution in [1.82, 2.24) is 0 Å². The first kappa shape index (κ1) is 12.0. The van der Waals surface area contributed by atoms with Gasteiger partial charge in [-0.05, 0) is 22.6 Å². The van der Waals surface area contributed by atoms with Gasteiger partial charge in [0.05, 0.1) is 15.5 Å². The number of benzene rings is 2. The summed E-state index contributed by atoms with van der Waals surface area (Å²) in [5, 5.41) is 0. The number of hydrogen-bond acceptors (Lipinski definition) is 2. The maximum atomic E-state index is 12.0. The minimum atomic E-state index is -2.48. The highest BCUT2D eigenvalue weighted by atomic mass is 32.2. The van der Waals surface area contributed by atoms with Crippen molar-refractivity contribution in [1.29, 1.82) is 0 Å². The minimum Gasteiger partial charge on any atom is -0.383 e. The van der Waals surface area contributed by atoms with E-state index in [0.29, 0.717) is 11.6 Å². The lowest BCUT2D eigenvalue weighted by Crippen LogP contribution is -2.24. The molecule has 1 atom stereocenters. The average Bonchev–Trinajstić information content (AvgIpc) is 2.37. The first-order valence-electron chi connectivity index (χ1n) is 5.95. The molecular weight excluding hydrogens is 256 g/mol. The fraction of sp³-hybridized carbons (Fsp3) is 0.0667. The zero-order valence-corrected chi connectivity index (χ0v) is 11.2. The van der Waals surface area contributed by atoms with Crippen LogP contribution in [0, 0.1) is 0 Å². The van der Waals surface area contributed by atoms with E-state index in [-0.39, 0.29) is 0 Å². The summed E-state index contributed by atoms with van der Waals surface area (Å²) in [6, 6.07) is 15.9. The standard InChI is InChI=1S/C15H14N2OS/c1-19(18)10-12-8-5-9-13(14(12)15(16)17-19)11-6-3-2-4-7-11/h2-9H,1,10H2,(H2,16,17,18). The number of rotatable bonds is 1. The summed E-state index contributed by atoms with van der Waals surface area (Å²) in [7, 11) is -2.48. The predicted molar refractivity (Wildman–Crippen MR) is 81.6 cm³/mol. The molecular formula is C15H14N2OS. The number of amidine groups is 1. The molecule has 0 spiro atoms. The third kappa shape index (κ3) is 2.15. The molecule has 19 heavy (non-hydrogen) atoms. The maximum absolute atomic E-state index is 12.0. The van der Waals surface area contributed by atoms with Gasteiger partial charge < -0.3 is 5.73 Å². The molecule has 1 aliphatic heterocycles. The van der Waals surface area contributed by atoms with Crippen LogP contribution >= 0.6 is 0 Å². The van der Waals surface area contributed by atoms with E-state index in [4.69, 9.17) is 5.73 Å². The van der Waals surface area contributed by atoms with Crippen LogP contribution in [0.1, 0.15) is 11.1 Å². The van der Waals surface area contributed by atoms with Crippen LogP contribution in [0.25, 0.3) is 11.1 Å². The van der Waals surface area contributed by atoms with E-state index in [9.17, 15) is 4.21 Å². The van der Waals surface area contributed by atoms with E-state index < -0.39 is 9.71 Å². The third-order valence-electron chi connectivity index (χ3n) is 3.14. The monoisotopic (exact) mass is 270 g/mol. The zero-order valence-electron chi connectivity index (χ0n) is 10.4. The van der Waals surface area contributed by atoms with Crippen molar-refractivity contribution in [2.45, 2.75) is 5.75 Å². The van der Waals surface area contributed by atoms with Crippen molar-refractivity contribution in [2.24, 2.45) is 10.1 Å². The highest BCUT2D eigenvalue weighted by Crippen LogP contribution is 2.30. The lowest BCUT2D eigenvalue weighted by atomic mass is 9.95.